The van der Waals surface area contributed by atoms with Crippen LogP contribution in [0.2, 0.25) is 0 Å². The number of rotatable bonds is 15. The van der Waals surface area contributed by atoms with Crippen LogP contribution in [0.5, 0.6) is 0 Å². The van der Waals surface area contributed by atoms with Crippen LogP contribution in [0.1, 0.15) is 37.9 Å². The molecule has 0 aliphatic heterocycles. The van der Waals surface area contributed by atoms with Crippen molar-refractivity contribution in [1.29, 1.82) is 0 Å². The van der Waals surface area contributed by atoms with Gasteiger partial charge in [0.1, 0.15) is 18.1 Å². The molecule has 4 atom stereocenters. The number of nitrogens with one attached hydrogen (secondary N) is 4. The van der Waals surface area contributed by atoms with E-state index >= 15 is 0 Å². The molecule has 0 saturated carbocycles. The lowest BCUT2D eigenvalue weighted by Crippen LogP contribution is -2.59. The van der Waals surface area contributed by atoms with Crippen molar-refractivity contribution < 1.29 is 34.2 Å². The van der Waals surface area contributed by atoms with Gasteiger partial charge in [-0.15, -0.1) is 0 Å². The van der Waals surface area contributed by atoms with E-state index in [2.05, 4.69) is 25.9 Å². The molecule has 1 aromatic heterocycles. The number of H-pyrrole nitrogens is 1. The Morgan fingerprint density at radius 2 is 1.58 bits per heavy atom. The number of amides is 3. The van der Waals surface area contributed by atoms with Crippen LogP contribution in [0.25, 0.3) is 0 Å². The molecule has 0 fully saturated rings. The minimum absolute atomic E-state index is 0.0409. The third kappa shape index (κ3) is 9.65. The molecule has 0 spiro atoms. The summed E-state index contributed by atoms with van der Waals surface area (Å²) in [5, 5.41) is 26.0. The number of aromatic amines is 1. The van der Waals surface area contributed by atoms with Crippen molar-refractivity contribution in [3.05, 3.63) is 54.1 Å². The number of carbonyl (C=O) groups is 5. The predicted octanol–water partition coefficient (Wildman–Crippen LogP) is -0.418. The zero-order chi connectivity index (χ0) is 28.2. The minimum atomic E-state index is -1.27. The standard InChI is InChI=1S/C25H34N6O7/c1-14(2)21(24(36)30-19(25(37)38)11-16-12-27-13-28-16)31-23(35)18(10-15-6-4-3-5-7-15)29-22(34)17(26)8-9-20(32)33/h3-7,12-14,17-19,21H,8-11,26H2,1-2H3,(H,27,28)(H,29,34)(H,30,36)(H,31,35)(H,32,33)(H,37,38). The SMILES string of the molecule is CC(C)C(NC(=O)C(Cc1ccccc1)NC(=O)C(N)CCC(=O)O)C(=O)NC(Cc1cnc[nH]1)C(=O)O. The third-order valence-electron chi connectivity index (χ3n) is 5.76. The summed E-state index contributed by atoms with van der Waals surface area (Å²) in [6.07, 6.45) is 2.44. The zero-order valence-corrected chi connectivity index (χ0v) is 21.2. The van der Waals surface area contributed by atoms with Crippen molar-refractivity contribution in [2.45, 2.75) is 63.7 Å². The van der Waals surface area contributed by atoms with Crippen LogP contribution in [-0.2, 0) is 36.8 Å². The van der Waals surface area contributed by atoms with Gasteiger partial charge in [0.15, 0.2) is 0 Å². The van der Waals surface area contributed by atoms with Crippen LogP contribution in [-0.4, -0.2) is 74.0 Å². The molecule has 0 aliphatic rings. The molecule has 0 saturated heterocycles. The van der Waals surface area contributed by atoms with E-state index in [9.17, 15) is 29.1 Å². The molecule has 3 amide bonds. The lowest BCUT2D eigenvalue weighted by molar-refractivity contribution is -0.142. The van der Waals surface area contributed by atoms with Crippen molar-refractivity contribution in [2.75, 3.05) is 0 Å². The van der Waals surface area contributed by atoms with Crippen molar-refractivity contribution >= 4 is 29.7 Å². The summed E-state index contributed by atoms with van der Waals surface area (Å²) in [4.78, 5) is 68.1. The highest BCUT2D eigenvalue weighted by Crippen LogP contribution is 2.09. The van der Waals surface area contributed by atoms with Crippen LogP contribution in [0, 0.1) is 5.92 Å². The number of nitrogens with zero attached hydrogens (tertiary/aromatic N) is 1. The van der Waals surface area contributed by atoms with Crippen molar-refractivity contribution in [3.63, 3.8) is 0 Å². The summed E-state index contributed by atoms with van der Waals surface area (Å²) in [6, 6.07) is 4.18. The molecule has 4 unspecified atom stereocenters. The summed E-state index contributed by atoms with van der Waals surface area (Å²) in [7, 11) is 0. The first-order valence-electron chi connectivity index (χ1n) is 12.1. The van der Waals surface area contributed by atoms with E-state index in [1.165, 1.54) is 12.5 Å². The highest BCUT2D eigenvalue weighted by molar-refractivity contribution is 5.94. The Hall–Kier alpha value is -4.26. The number of imidazole rings is 1. The lowest BCUT2D eigenvalue weighted by Gasteiger charge is -2.27. The number of aromatic nitrogens is 2. The van der Waals surface area contributed by atoms with E-state index in [1.807, 2.05) is 0 Å². The molecule has 13 heteroatoms. The molecule has 206 valence electrons. The second-order valence-corrected chi connectivity index (χ2v) is 9.20. The van der Waals surface area contributed by atoms with E-state index in [1.54, 1.807) is 44.2 Å². The fourth-order valence-electron chi connectivity index (χ4n) is 3.61. The number of benzene rings is 1. The maximum absolute atomic E-state index is 13.3. The van der Waals surface area contributed by atoms with Crippen LogP contribution < -0.4 is 21.7 Å². The van der Waals surface area contributed by atoms with Gasteiger partial charge in [0, 0.05) is 31.2 Å². The van der Waals surface area contributed by atoms with Gasteiger partial charge >= 0.3 is 11.9 Å². The van der Waals surface area contributed by atoms with Crippen molar-refractivity contribution in [3.8, 4) is 0 Å². The molecule has 1 heterocycles. The Morgan fingerprint density at radius 3 is 2.13 bits per heavy atom. The number of hydrogen-bond donors (Lipinski definition) is 7. The Kier molecular flexibility index (Phi) is 11.4. The summed E-state index contributed by atoms with van der Waals surface area (Å²) in [5.74, 6) is -4.88. The zero-order valence-electron chi connectivity index (χ0n) is 21.2. The van der Waals surface area contributed by atoms with E-state index < -0.39 is 59.7 Å². The number of carboxylic acids is 2. The Balaban J connectivity index is 2.16. The molecule has 2 aromatic rings. The summed E-state index contributed by atoms with van der Waals surface area (Å²) >= 11 is 0. The highest BCUT2D eigenvalue weighted by atomic mass is 16.4. The second kappa shape index (κ2) is 14.5. The molecule has 0 bridgehead atoms. The first-order valence-corrected chi connectivity index (χ1v) is 12.1. The third-order valence-corrected chi connectivity index (χ3v) is 5.76. The predicted molar refractivity (Wildman–Crippen MR) is 136 cm³/mol. The number of carboxylic acid groups (broad SMARTS) is 2. The summed E-state index contributed by atoms with van der Waals surface area (Å²) in [5.41, 5.74) is 7.04. The van der Waals surface area contributed by atoms with Crippen molar-refractivity contribution in [2.24, 2.45) is 11.7 Å². The normalized spacial score (nSPS) is 14.1. The molecule has 1 aromatic carbocycles. The Bertz CT molecular complexity index is 1090. The van der Waals surface area contributed by atoms with Crippen LogP contribution in [0.3, 0.4) is 0 Å². The van der Waals surface area contributed by atoms with Gasteiger partial charge in [-0.2, -0.15) is 0 Å². The monoisotopic (exact) mass is 530 g/mol. The average Bonchev–Trinajstić information content (AvgIpc) is 3.38. The number of carbonyl (C=O) groups excluding carboxylic acids is 3. The Labute approximate surface area is 219 Å². The lowest BCUT2D eigenvalue weighted by atomic mass is 10.00. The first-order chi connectivity index (χ1) is 18.0. The average molecular weight is 531 g/mol. The number of hydrogen-bond acceptors (Lipinski definition) is 7. The van der Waals surface area contributed by atoms with Gasteiger partial charge in [-0.25, -0.2) is 9.78 Å². The van der Waals surface area contributed by atoms with Gasteiger partial charge in [0.2, 0.25) is 17.7 Å². The van der Waals surface area contributed by atoms with Gasteiger partial charge in [0.25, 0.3) is 0 Å². The van der Waals surface area contributed by atoms with Gasteiger partial charge in [0.05, 0.1) is 12.4 Å². The van der Waals surface area contributed by atoms with Crippen LogP contribution in [0.4, 0.5) is 0 Å². The maximum atomic E-state index is 13.3. The molecule has 2 rings (SSSR count). The molecule has 0 aliphatic carbocycles. The number of nitrogens with two attached hydrogens (primary N) is 1. The fourth-order valence-corrected chi connectivity index (χ4v) is 3.61. The molecule has 8 N–H and O–H groups in total. The van der Waals surface area contributed by atoms with Gasteiger partial charge in [-0.1, -0.05) is 44.2 Å². The van der Waals surface area contributed by atoms with Gasteiger partial charge < -0.3 is 36.9 Å². The molecule has 13 nitrogen and oxygen atoms in total. The van der Waals surface area contributed by atoms with Crippen molar-refractivity contribution in [1.82, 2.24) is 25.9 Å². The summed E-state index contributed by atoms with van der Waals surface area (Å²) < 4.78 is 0. The minimum Gasteiger partial charge on any atom is -0.481 e. The first kappa shape index (κ1) is 30.0. The number of aliphatic carboxylic acids is 2. The largest absolute Gasteiger partial charge is 0.481 e. The fraction of sp³-hybridized carbons (Fsp3) is 0.440. The summed E-state index contributed by atoms with van der Waals surface area (Å²) in [6.45, 7) is 3.36. The molecular formula is C25H34N6O7. The molecule has 0 radical (unpaired) electrons. The van der Waals surface area contributed by atoms with Gasteiger partial charge in [-0.05, 0) is 17.9 Å². The van der Waals surface area contributed by atoms with Gasteiger partial charge in [-0.3, -0.25) is 19.2 Å². The topological polar surface area (TPSA) is 217 Å². The van der Waals surface area contributed by atoms with E-state index in [4.69, 9.17) is 10.8 Å². The van der Waals surface area contributed by atoms with E-state index in [-0.39, 0.29) is 25.7 Å². The molecule has 38 heavy (non-hydrogen) atoms. The Morgan fingerprint density at radius 1 is 0.921 bits per heavy atom. The van der Waals surface area contributed by atoms with E-state index in [0.29, 0.717) is 5.69 Å². The van der Waals surface area contributed by atoms with Crippen LogP contribution >= 0.6 is 0 Å². The smallest absolute Gasteiger partial charge is 0.326 e. The maximum Gasteiger partial charge on any atom is 0.326 e. The highest BCUT2D eigenvalue weighted by Gasteiger charge is 2.32. The molecular weight excluding hydrogens is 496 g/mol. The quantitative estimate of drug-likeness (QED) is 0.159. The second-order valence-electron chi connectivity index (χ2n) is 9.20. The van der Waals surface area contributed by atoms with E-state index in [0.717, 1.165) is 5.56 Å². The van der Waals surface area contributed by atoms with Crippen LogP contribution in [0.15, 0.2) is 42.9 Å².